The Bertz CT molecular complexity index is 742. The number of imide groups is 1. The van der Waals surface area contributed by atoms with E-state index in [2.05, 4.69) is 5.32 Å². The second-order valence-electron chi connectivity index (χ2n) is 6.89. The van der Waals surface area contributed by atoms with Crippen molar-refractivity contribution < 1.29 is 19.1 Å². The molecule has 1 saturated carbocycles. The third-order valence-electron chi connectivity index (χ3n) is 5.49. The van der Waals surface area contributed by atoms with Gasteiger partial charge in [0.1, 0.15) is 12.3 Å². The minimum Gasteiger partial charge on any atom is -0.497 e. The van der Waals surface area contributed by atoms with Gasteiger partial charge in [0, 0.05) is 6.54 Å². The minimum absolute atomic E-state index is 0.163. The van der Waals surface area contributed by atoms with Crippen molar-refractivity contribution in [3.05, 3.63) is 42.0 Å². The first-order valence-corrected chi connectivity index (χ1v) is 8.51. The molecule has 1 aliphatic heterocycles. The van der Waals surface area contributed by atoms with Crippen LogP contribution in [0, 0.1) is 23.7 Å². The first-order chi connectivity index (χ1) is 12.1. The van der Waals surface area contributed by atoms with E-state index in [1.807, 2.05) is 36.4 Å². The molecule has 0 unspecified atom stereocenters. The minimum atomic E-state index is -0.329. The van der Waals surface area contributed by atoms with Crippen molar-refractivity contribution >= 4 is 17.7 Å². The number of hydrogen-bond donors (Lipinski definition) is 1. The van der Waals surface area contributed by atoms with E-state index in [9.17, 15) is 14.4 Å². The summed E-state index contributed by atoms with van der Waals surface area (Å²) in [6.45, 7) is 0.125. The van der Waals surface area contributed by atoms with Crippen LogP contribution in [-0.4, -0.2) is 36.3 Å². The fourth-order valence-corrected chi connectivity index (χ4v) is 4.30. The Labute approximate surface area is 145 Å². The number of fused-ring (bicyclic) bond motifs is 5. The summed E-state index contributed by atoms with van der Waals surface area (Å²) >= 11 is 0. The van der Waals surface area contributed by atoms with Crippen LogP contribution in [0.25, 0.3) is 0 Å². The van der Waals surface area contributed by atoms with E-state index < -0.39 is 0 Å². The number of benzene rings is 1. The molecule has 1 aromatic rings. The predicted octanol–water partition coefficient (Wildman–Crippen LogP) is 1.12. The van der Waals surface area contributed by atoms with Crippen molar-refractivity contribution in [1.29, 1.82) is 0 Å². The number of nitrogens with one attached hydrogen (secondary N) is 1. The highest BCUT2D eigenvalue weighted by Gasteiger charge is 2.59. The van der Waals surface area contributed by atoms with Crippen LogP contribution in [0.2, 0.25) is 0 Å². The lowest BCUT2D eigenvalue weighted by atomic mass is 9.85. The van der Waals surface area contributed by atoms with Gasteiger partial charge in [-0.25, -0.2) is 0 Å². The van der Waals surface area contributed by atoms with Crippen molar-refractivity contribution in [1.82, 2.24) is 10.2 Å². The second kappa shape index (κ2) is 6.02. The number of hydrogen-bond acceptors (Lipinski definition) is 4. The zero-order chi connectivity index (χ0) is 17.6. The Morgan fingerprint density at radius 2 is 1.88 bits per heavy atom. The van der Waals surface area contributed by atoms with Gasteiger partial charge >= 0.3 is 0 Å². The maximum absolute atomic E-state index is 12.6. The van der Waals surface area contributed by atoms with Crippen molar-refractivity contribution in [2.24, 2.45) is 23.7 Å². The molecular weight excluding hydrogens is 320 g/mol. The maximum Gasteiger partial charge on any atom is 0.240 e. The molecule has 1 saturated heterocycles. The molecule has 1 heterocycles. The number of rotatable bonds is 5. The summed E-state index contributed by atoms with van der Waals surface area (Å²) in [5.41, 5.74) is 0.894. The van der Waals surface area contributed by atoms with Gasteiger partial charge in [0.05, 0.1) is 18.9 Å². The monoisotopic (exact) mass is 340 g/mol. The van der Waals surface area contributed by atoms with E-state index in [4.69, 9.17) is 4.74 Å². The van der Waals surface area contributed by atoms with Crippen molar-refractivity contribution in [3.8, 4) is 5.75 Å². The van der Waals surface area contributed by atoms with Gasteiger partial charge in [0.2, 0.25) is 17.7 Å². The van der Waals surface area contributed by atoms with Crippen LogP contribution in [-0.2, 0) is 20.9 Å². The maximum atomic E-state index is 12.6. The van der Waals surface area contributed by atoms with Crippen molar-refractivity contribution in [3.63, 3.8) is 0 Å². The van der Waals surface area contributed by atoms with Crippen molar-refractivity contribution in [2.45, 2.75) is 13.0 Å². The van der Waals surface area contributed by atoms with Gasteiger partial charge in [-0.15, -0.1) is 0 Å². The SMILES string of the molecule is COc1cccc(CNC(=O)CN2C(=O)[C@H]3[C@H](C2=O)[C@H]2C=C[C@H]3C2)c1. The third-order valence-corrected chi connectivity index (χ3v) is 5.49. The Balaban J connectivity index is 1.37. The molecule has 3 aliphatic rings. The number of likely N-dealkylation sites (tertiary alicyclic amines) is 1. The van der Waals surface area contributed by atoms with Crippen LogP contribution in [0.3, 0.4) is 0 Å². The third kappa shape index (κ3) is 2.62. The molecule has 2 fully saturated rings. The number of ether oxygens (including phenoxy) is 1. The molecule has 2 bridgehead atoms. The van der Waals surface area contributed by atoms with E-state index in [1.54, 1.807) is 7.11 Å². The smallest absolute Gasteiger partial charge is 0.240 e. The molecule has 1 aromatic carbocycles. The molecule has 0 radical (unpaired) electrons. The second-order valence-corrected chi connectivity index (χ2v) is 6.89. The molecule has 4 atom stereocenters. The zero-order valence-corrected chi connectivity index (χ0v) is 14.0. The summed E-state index contributed by atoms with van der Waals surface area (Å²) in [6.07, 6.45) is 4.98. The Hall–Kier alpha value is -2.63. The molecule has 6 nitrogen and oxygen atoms in total. The summed E-state index contributed by atoms with van der Waals surface area (Å²) in [7, 11) is 1.58. The van der Waals surface area contributed by atoms with Gasteiger partial charge in [-0.05, 0) is 36.0 Å². The van der Waals surface area contributed by atoms with Crippen LogP contribution in [0.15, 0.2) is 36.4 Å². The lowest BCUT2D eigenvalue weighted by Crippen LogP contribution is -2.41. The molecule has 2 aliphatic carbocycles. The number of carbonyl (C=O) groups excluding carboxylic acids is 3. The number of amides is 3. The van der Waals surface area contributed by atoms with Gasteiger partial charge < -0.3 is 10.1 Å². The van der Waals surface area contributed by atoms with Crippen LogP contribution < -0.4 is 10.1 Å². The fraction of sp³-hybridized carbons (Fsp3) is 0.421. The highest BCUT2D eigenvalue weighted by molar-refractivity contribution is 6.08. The first-order valence-electron chi connectivity index (χ1n) is 8.51. The molecular formula is C19H20N2O4. The highest BCUT2D eigenvalue weighted by Crippen LogP contribution is 2.52. The lowest BCUT2D eigenvalue weighted by Gasteiger charge is -2.16. The summed E-state index contributed by atoms with van der Waals surface area (Å²) in [6, 6.07) is 7.38. The normalized spacial score (nSPS) is 29.2. The quantitative estimate of drug-likeness (QED) is 0.644. The van der Waals surface area contributed by atoms with Crippen LogP contribution in [0.4, 0.5) is 0 Å². The largest absolute Gasteiger partial charge is 0.497 e. The molecule has 130 valence electrons. The van der Waals surface area contributed by atoms with Crippen molar-refractivity contribution in [2.75, 3.05) is 13.7 Å². The molecule has 3 amide bonds. The summed E-state index contributed by atoms with van der Waals surface area (Å²) < 4.78 is 5.15. The summed E-state index contributed by atoms with van der Waals surface area (Å²) in [4.78, 5) is 38.5. The highest BCUT2D eigenvalue weighted by atomic mass is 16.5. The molecule has 1 N–H and O–H groups in total. The lowest BCUT2D eigenvalue weighted by molar-refractivity contribution is -0.144. The summed E-state index contributed by atoms with van der Waals surface area (Å²) in [5.74, 6) is -0.182. The summed E-state index contributed by atoms with van der Waals surface area (Å²) in [5, 5.41) is 2.77. The van der Waals surface area contributed by atoms with E-state index in [0.717, 1.165) is 16.9 Å². The zero-order valence-electron chi connectivity index (χ0n) is 14.0. The Kier molecular flexibility index (Phi) is 3.82. The van der Waals surface area contributed by atoms with Gasteiger partial charge in [0.25, 0.3) is 0 Å². The average Bonchev–Trinajstić information content (AvgIpc) is 3.30. The first kappa shape index (κ1) is 15.9. The van der Waals surface area contributed by atoms with E-state index in [-0.39, 0.29) is 47.9 Å². The Morgan fingerprint density at radius 1 is 1.20 bits per heavy atom. The number of allylic oxidation sites excluding steroid dienone is 2. The fourth-order valence-electron chi connectivity index (χ4n) is 4.30. The molecule has 0 aromatic heterocycles. The van der Waals surface area contributed by atoms with Crippen LogP contribution in [0.5, 0.6) is 5.75 Å². The average molecular weight is 340 g/mol. The number of methoxy groups -OCH3 is 1. The topological polar surface area (TPSA) is 75.7 Å². The molecule has 6 heteroatoms. The Morgan fingerprint density at radius 3 is 2.52 bits per heavy atom. The van der Waals surface area contributed by atoms with Crippen LogP contribution >= 0.6 is 0 Å². The van der Waals surface area contributed by atoms with Gasteiger partial charge in [-0.1, -0.05) is 24.3 Å². The van der Waals surface area contributed by atoms with Gasteiger partial charge in [-0.2, -0.15) is 0 Å². The number of nitrogens with zero attached hydrogens (tertiary/aromatic N) is 1. The van der Waals surface area contributed by atoms with Gasteiger partial charge in [0.15, 0.2) is 0 Å². The molecule has 25 heavy (non-hydrogen) atoms. The van der Waals surface area contributed by atoms with Crippen LogP contribution in [0.1, 0.15) is 12.0 Å². The van der Waals surface area contributed by atoms with E-state index >= 15 is 0 Å². The standard InChI is InChI=1S/C19H20N2O4/c1-25-14-4-2-3-11(7-14)9-20-15(22)10-21-18(23)16-12-5-6-13(8-12)17(16)19(21)24/h2-7,12-13,16-17H,8-10H2,1H3,(H,20,22)/t12-,13-,16+,17+/m0/s1. The van der Waals surface area contributed by atoms with E-state index in [0.29, 0.717) is 12.3 Å². The van der Waals surface area contributed by atoms with Gasteiger partial charge in [-0.3, -0.25) is 19.3 Å². The predicted molar refractivity (Wildman–Crippen MR) is 89.3 cm³/mol. The number of carbonyl (C=O) groups is 3. The van der Waals surface area contributed by atoms with E-state index in [1.165, 1.54) is 0 Å². The molecule has 4 rings (SSSR count). The molecule has 0 spiro atoms.